The monoisotopic (exact) mass is 308 g/mol. The van der Waals surface area contributed by atoms with Gasteiger partial charge in [-0.2, -0.15) is 0 Å². The van der Waals surface area contributed by atoms with E-state index >= 15 is 0 Å². The molecule has 1 aliphatic rings. The van der Waals surface area contributed by atoms with E-state index in [1.54, 1.807) is 0 Å². The molecule has 1 saturated carbocycles. The van der Waals surface area contributed by atoms with Gasteiger partial charge in [-0.1, -0.05) is 24.6 Å². The first kappa shape index (κ1) is 16.2. The van der Waals surface area contributed by atoms with Crippen molar-refractivity contribution in [2.75, 3.05) is 5.32 Å². The molecular formula is C17H25ClN2O. The Labute approximate surface area is 132 Å². The Hall–Kier alpha value is -1.22. The first-order chi connectivity index (χ1) is 9.95. The predicted molar refractivity (Wildman–Crippen MR) is 88.8 cm³/mol. The summed E-state index contributed by atoms with van der Waals surface area (Å²) in [4.78, 5) is 12.2. The third kappa shape index (κ3) is 4.63. The van der Waals surface area contributed by atoms with Crippen LogP contribution in [-0.2, 0) is 4.79 Å². The number of hydrogen-bond donors (Lipinski definition) is 2. The Bertz CT molecular complexity index is 496. The summed E-state index contributed by atoms with van der Waals surface area (Å²) in [6, 6.07) is 5.84. The van der Waals surface area contributed by atoms with Crippen molar-refractivity contribution in [3.63, 3.8) is 0 Å². The Morgan fingerprint density at radius 3 is 2.57 bits per heavy atom. The van der Waals surface area contributed by atoms with Crippen molar-refractivity contribution < 1.29 is 4.79 Å². The molecule has 1 aromatic carbocycles. The molecular weight excluding hydrogens is 284 g/mol. The van der Waals surface area contributed by atoms with Crippen LogP contribution in [0.25, 0.3) is 0 Å². The highest BCUT2D eigenvalue weighted by Gasteiger charge is 2.22. The summed E-state index contributed by atoms with van der Waals surface area (Å²) in [7, 11) is 0. The smallest absolute Gasteiger partial charge is 0.242 e. The summed E-state index contributed by atoms with van der Waals surface area (Å²) in [5.41, 5.74) is 1.92. The van der Waals surface area contributed by atoms with Gasteiger partial charge in [0.2, 0.25) is 5.91 Å². The van der Waals surface area contributed by atoms with Crippen LogP contribution in [0, 0.1) is 12.8 Å². The van der Waals surface area contributed by atoms with Gasteiger partial charge in [-0.15, -0.1) is 0 Å². The number of anilines is 1. The van der Waals surface area contributed by atoms with Crippen LogP contribution < -0.4 is 10.6 Å². The van der Waals surface area contributed by atoms with Crippen LogP contribution in [0.4, 0.5) is 5.69 Å². The van der Waals surface area contributed by atoms with E-state index < -0.39 is 0 Å². The molecule has 0 aliphatic heterocycles. The molecule has 1 fully saturated rings. The number of hydrogen-bond acceptors (Lipinski definition) is 2. The quantitative estimate of drug-likeness (QED) is 0.877. The zero-order valence-electron chi connectivity index (χ0n) is 13.1. The second kappa shape index (κ2) is 7.17. The first-order valence-electron chi connectivity index (χ1n) is 7.78. The van der Waals surface area contributed by atoms with Gasteiger partial charge in [0, 0.05) is 16.8 Å². The van der Waals surface area contributed by atoms with E-state index in [0.717, 1.165) is 30.0 Å². The second-order valence-corrected chi connectivity index (χ2v) is 6.70. The predicted octanol–water partition coefficient (Wildman–Crippen LogP) is 4.14. The maximum absolute atomic E-state index is 12.2. The van der Waals surface area contributed by atoms with Crippen LogP contribution in [0.15, 0.2) is 18.2 Å². The molecule has 0 bridgehead atoms. The van der Waals surface area contributed by atoms with Gasteiger partial charge in [0.1, 0.15) is 6.04 Å². The first-order valence-corrected chi connectivity index (χ1v) is 8.16. The van der Waals surface area contributed by atoms with Crippen molar-refractivity contribution >= 4 is 23.2 Å². The van der Waals surface area contributed by atoms with Crippen LogP contribution in [0.2, 0.25) is 5.02 Å². The van der Waals surface area contributed by atoms with Crippen molar-refractivity contribution in [2.45, 2.75) is 58.5 Å². The average Bonchev–Trinajstić information content (AvgIpc) is 2.45. The fraction of sp³-hybridized carbons (Fsp3) is 0.588. The van der Waals surface area contributed by atoms with Crippen LogP contribution in [0.3, 0.4) is 0 Å². The highest BCUT2D eigenvalue weighted by molar-refractivity contribution is 6.31. The van der Waals surface area contributed by atoms with Crippen LogP contribution in [0.1, 0.15) is 45.1 Å². The minimum Gasteiger partial charge on any atom is -0.374 e. The Morgan fingerprint density at radius 1 is 1.29 bits per heavy atom. The van der Waals surface area contributed by atoms with Gasteiger partial charge in [0.05, 0.1) is 0 Å². The maximum Gasteiger partial charge on any atom is 0.242 e. The maximum atomic E-state index is 12.2. The molecule has 1 amide bonds. The molecule has 0 heterocycles. The van der Waals surface area contributed by atoms with Gasteiger partial charge in [-0.3, -0.25) is 4.79 Å². The van der Waals surface area contributed by atoms with Crippen molar-refractivity contribution in [2.24, 2.45) is 5.92 Å². The van der Waals surface area contributed by atoms with Gasteiger partial charge in [0.15, 0.2) is 0 Å². The molecule has 2 rings (SSSR count). The van der Waals surface area contributed by atoms with Crippen molar-refractivity contribution in [1.82, 2.24) is 5.32 Å². The molecule has 1 aliphatic carbocycles. The molecule has 0 spiro atoms. The zero-order valence-corrected chi connectivity index (χ0v) is 13.8. The van der Waals surface area contributed by atoms with E-state index in [0.29, 0.717) is 11.1 Å². The van der Waals surface area contributed by atoms with Gasteiger partial charge in [0.25, 0.3) is 0 Å². The number of nitrogens with one attached hydrogen (secondary N) is 2. The largest absolute Gasteiger partial charge is 0.374 e. The van der Waals surface area contributed by atoms with Crippen molar-refractivity contribution in [3.05, 3.63) is 28.8 Å². The summed E-state index contributed by atoms with van der Waals surface area (Å²) < 4.78 is 0. The lowest BCUT2D eigenvalue weighted by molar-refractivity contribution is -0.122. The minimum absolute atomic E-state index is 0.0613. The third-order valence-corrected chi connectivity index (χ3v) is 4.72. The van der Waals surface area contributed by atoms with Crippen LogP contribution in [0.5, 0.6) is 0 Å². The van der Waals surface area contributed by atoms with E-state index in [1.807, 2.05) is 32.0 Å². The molecule has 0 saturated heterocycles. The zero-order chi connectivity index (χ0) is 15.4. The highest BCUT2D eigenvalue weighted by Crippen LogP contribution is 2.24. The van der Waals surface area contributed by atoms with Crippen molar-refractivity contribution in [3.8, 4) is 0 Å². The molecule has 21 heavy (non-hydrogen) atoms. The molecule has 1 aromatic rings. The lowest BCUT2D eigenvalue weighted by atomic mass is 9.87. The van der Waals surface area contributed by atoms with E-state index in [9.17, 15) is 4.79 Å². The number of halogens is 1. The van der Waals surface area contributed by atoms with Gasteiger partial charge in [-0.25, -0.2) is 0 Å². The SMILES string of the molecule is Cc1ccc(NC(C)C(=O)NC2CCC(C)CC2)cc1Cl. The average molecular weight is 309 g/mol. The van der Waals surface area contributed by atoms with Gasteiger partial charge in [-0.05, 0) is 63.1 Å². The Morgan fingerprint density at radius 2 is 1.95 bits per heavy atom. The summed E-state index contributed by atoms with van der Waals surface area (Å²) in [6.07, 6.45) is 4.60. The van der Waals surface area contributed by atoms with Crippen LogP contribution >= 0.6 is 11.6 Å². The summed E-state index contributed by atoms with van der Waals surface area (Å²) in [5.74, 6) is 0.856. The van der Waals surface area contributed by atoms with E-state index in [4.69, 9.17) is 11.6 Å². The molecule has 3 nitrogen and oxygen atoms in total. The summed E-state index contributed by atoms with van der Waals surface area (Å²) in [5, 5.41) is 7.08. The van der Waals surface area contributed by atoms with Crippen molar-refractivity contribution in [1.29, 1.82) is 0 Å². The molecule has 0 radical (unpaired) electrons. The molecule has 1 unspecified atom stereocenters. The van der Waals surface area contributed by atoms with Crippen LogP contribution in [-0.4, -0.2) is 18.0 Å². The Kier molecular flexibility index (Phi) is 5.51. The fourth-order valence-corrected chi connectivity index (χ4v) is 2.91. The standard InChI is InChI=1S/C17H25ClN2O/c1-11-4-7-14(8-5-11)20-17(21)13(3)19-15-9-6-12(2)16(18)10-15/h6,9-11,13-14,19H,4-5,7-8H2,1-3H3,(H,20,21). The highest BCUT2D eigenvalue weighted by atomic mass is 35.5. The third-order valence-electron chi connectivity index (χ3n) is 4.31. The lowest BCUT2D eigenvalue weighted by Gasteiger charge is -2.28. The van der Waals surface area contributed by atoms with E-state index in [1.165, 1.54) is 12.8 Å². The number of carbonyl (C=O) groups is 1. The molecule has 2 N–H and O–H groups in total. The number of aryl methyl sites for hydroxylation is 1. The topological polar surface area (TPSA) is 41.1 Å². The fourth-order valence-electron chi connectivity index (χ4n) is 2.73. The molecule has 4 heteroatoms. The number of amides is 1. The number of benzene rings is 1. The summed E-state index contributed by atoms with van der Waals surface area (Å²) in [6.45, 7) is 6.13. The van der Waals surface area contributed by atoms with E-state index in [-0.39, 0.29) is 11.9 Å². The molecule has 1 atom stereocenters. The molecule has 116 valence electrons. The van der Waals surface area contributed by atoms with Gasteiger partial charge >= 0.3 is 0 Å². The normalized spacial score (nSPS) is 23.4. The van der Waals surface area contributed by atoms with Gasteiger partial charge < -0.3 is 10.6 Å². The number of carbonyl (C=O) groups excluding carboxylic acids is 1. The lowest BCUT2D eigenvalue weighted by Crippen LogP contribution is -2.44. The second-order valence-electron chi connectivity index (χ2n) is 6.30. The Balaban J connectivity index is 1.86. The van der Waals surface area contributed by atoms with E-state index in [2.05, 4.69) is 17.6 Å². The number of rotatable bonds is 4. The summed E-state index contributed by atoms with van der Waals surface area (Å²) >= 11 is 6.11. The molecule has 0 aromatic heterocycles. The minimum atomic E-state index is -0.261.